The molecule has 20 heavy (non-hydrogen) atoms. The summed E-state index contributed by atoms with van der Waals surface area (Å²) in [4.78, 5) is 23.4. The SMILES string of the molecule is Cn1ncc(NNC(=O)c2ccccc2Cl)c(Cl)c1=O. The number of hydrazine groups is 1. The second-order valence-electron chi connectivity index (χ2n) is 3.86. The molecule has 0 unspecified atom stereocenters. The van der Waals surface area contributed by atoms with Crippen molar-refractivity contribution in [1.82, 2.24) is 15.2 Å². The predicted octanol–water partition coefficient (Wildman–Crippen LogP) is 1.84. The zero-order chi connectivity index (χ0) is 14.7. The molecule has 6 nitrogen and oxygen atoms in total. The number of carbonyl (C=O) groups excluding carboxylic acids is 1. The molecule has 2 N–H and O–H groups in total. The van der Waals surface area contributed by atoms with Crippen molar-refractivity contribution in [3.63, 3.8) is 0 Å². The lowest BCUT2D eigenvalue weighted by Gasteiger charge is -2.10. The van der Waals surface area contributed by atoms with Crippen molar-refractivity contribution in [1.29, 1.82) is 0 Å². The lowest BCUT2D eigenvalue weighted by molar-refractivity contribution is 0.0963. The average Bonchev–Trinajstić information content (AvgIpc) is 2.44. The molecule has 0 saturated heterocycles. The minimum atomic E-state index is -0.469. The van der Waals surface area contributed by atoms with Crippen molar-refractivity contribution in [3.8, 4) is 0 Å². The van der Waals surface area contributed by atoms with Crippen LogP contribution in [0.5, 0.6) is 0 Å². The summed E-state index contributed by atoms with van der Waals surface area (Å²) in [5, 5.41) is 4.04. The number of aromatic nitrogens is 2. The normalized spacial score (nSPS) is 10.2. The Bertz CT molecular complexity index is 715. The highest BCUT2D eigenvalue weighted by atomic mass is 35.5. The number of amides is 1. The third-order valence-electron chi connectivity index (χ3n) is 2.51. The number of aryl methyl sites for hydroxylation is 1. The van der Waals surface area contributed by atoms with Crippen LogP contribution in [0.15, 0.2) is 35.3 Å². The summed E-state index contributed by atoms with van der Waals surface area (Å²) in [5.74, 6) is -0.452. The molecule has 0 aliphatic heterocycles. The Morgan fingerprint density at radius 2 is 2.00 bits per heavy atom. The fraction of sp³-hybridized carbons (Fsp3) is 0.0833. The molecule has 0 spiro atoms. The van der Waals surface area contributed by atoms with Crippen molar-refractivity contribution >= 4 is 34.8 Å². The Kier molecular flexibility index (Phi) is 4.26. The molecule has 0 saturated carbocycles. The van der Waals surface area contributed by atoms with E-state index in [2.05, 4.69) is 16.0 Å². The first-order valence-electron chi connectivity index (χ1n) is 5.53. The van der Waals surface area contributed by atoms with Crippen LogP contribution in [0.1, 0.15) is 10.4 Å². The molecule has 2 aromatic rings. The lowest BCUT2D eigenvalue weighted by atomic mass is 10.2. The third kappa shape index (κ3) is 2.92. The van der Waals surface area contributed by atoms with Crippen LogP contribution in [0.3, 0.4) is 0 Å². The number of hydrogen-bond donors (Lipinski definition) is 2. The van der Waals surface area contributed by atoms with Gasteiger partial charge in [-0.1, -0.05) is 35.3 Å². The van der Waals surface area contributed by atoms with Gasteiger partial charge in [-0.3, -0.25) is 20.4 Å². The first-order valence-corrected chi connectivity index (χ1v) is 6.29. The summed E-state index contributed by atoms with van der Waals surface area (Å²) in [6.07, 6.45) is 1.33. The van der Waals surface area contributed by atoms with E-state index >= 15 is 0 Å². The Morgan fingerprint density at radius 3 is 2.70 bits per heavy atom. The topological polar surface area (TPSA) is 76.0 Å². The second kappa shape index (κ2) is 5.94. The molecule has 0 aliphatic rings. The highest BCUT2D eigenvalue weighted by Gasteiger charge is 2.11. The second-order valence-corrected chi connectivity index (χ2v) is 4.65. The van der Waals surface area contributed by atoms with E-state index in [0.717, 1.165) is 4.68 Å². The van der Waals surface area contributed by atoms with Gasteiger partial charge in [-0.25, -0.2) is 4.68 Å². The molecule has 104 valence electrons. The summed E-state index contributed by atoms with van der Waals surface area (Å²) in [5.41, 5.74) is 4.97. The summed E-state index contributed by atoms with van der Waals surface area (Å²) < 4.78 is 1.09. The predicted molar refractivity (Wildman–Crippen MR) is 77.0 cm³/mol. The van der Waals surface area contributed by atoms with Gasteiger partial charge in [0.2, 0.25) is 0 Å². The van der Waals surface area contributed by atoms with Crippen LogP contribution in [-0.4, -0.2) is 15.7 Å². The Morgan fingerprint density at radius 1 is 1.30 bits per heavy atom. The zero-order valence-corrected chi connectivity index (χ0v) is 11.9. The van der Waals surface area contributed by atoms with Crippen LogP contribution in [0.25, 0.3) is 0 Å². The molecule has 2 rings (SSSR count). The Hall–Kier alpha value is -2.05. The van der Waals surface area contributed by atoms with Crippen LogP contribution in [0.2, 0.25) is 10.0 Å². The molecule has 0 bridgehead atoms. The minimum Gasteiger partial charge on any atom is -0.295 e. The largest absolute Gasteiger partial charge is 0.295 e. The number of carbonyl (C=O) groups is 1. The molecule has 0 atom stereocenters. The number of halogens is 2. The van der Waals surface area contributed by atoms with Crippen LogP contribution in [-0.2, 0) is 7.05 Å². The van der Waals surface area contributed by atoms with Gasteiger partial charge in [0, 0.05) is 7.05 Å². The van der Waals surface area contributed by atoms with Crippen LogP contribution in [0.4, 0.5) is 5.69 Å². The number of hydrogen-bond acceptors (Lipinski definition) is 4. The smallest absolute Gasteiger partial charge is 0.287 e. The van der Waals surface area contributed by atoms with E-state index in [1.807, 2.05) is 0 Å². The maximum atomic E-state index is 11.9. The van der Waals surface area contributed by atoms with Gasteiger partial charge >= 0.3 is 0 Å². The van der Waals surface area contributed by atoms with Crippen molar-refractivity contribution in [3.05, 3.63) is 56.4 Å². The molecule has 0 fully saturated rings. The quantitative estimate of drug-likeness (QED) is 0.848. The number of anilines is 1. The van der Waals surface area contributed by atoms with Crippen molar-refractivity contribution in [2.75, 3.05) is 5.43 Å². The number of nitrogens with one attached hydrogen (secondary N) is 2. The van der Waals surface area contributed by atoms with Gasteiger partial charge in [-0.05, 0) is 12.1 Å². The van der Waals surface area contributed by atoms with E-state index in [4.69, 9.17) is 23.2 Å². The maximum Gasteiger partial charge on any atom is 0.287 e. The first kappa shape index (κ1) is 14.4. The molecule has 0 radical (unpaired) electrons. The van der Waals surface area contributed by atoms with Crippen molar-refractivity contribution < 1.29 is 4.79 Å². The number of benzene rings is 1. The average molecular weight is 313 g/mol. The van der Waals surface area contributed by atoms with Gasteiger partial charge in [0.05, 0.1) is 22.5 Å². The molecule has 0 aliphatic carbocycles. The van der Waals surface area contributed by atoms with Crippen LogP contribution >= 0.6 is 23.2 Å². The van der Waals surface area contributed by atoms with Crippen molar-refractivity contribution in [2.45, 2.75) is 0 Å². The first-order chi connectivity index (χ1) is 9.50. The van der Waals surface area contributed by atoms with Crippen molar-refractivity contribution in [2.24, 2.45) is 7.05 Å². The lowest BCUT2D eigenvalue weighted by Crippen LogP contribution is -2.31. The third-order valence-corrected chi connectivity index (χ3v) is 3.20. The maximum absolute atomic E-state index is 11.9. The summed E-state index contributed by atoms with van der Waals surface area (Å²) >= 11 is 11.7. The Labute approximate surface area is 124 Å². The molecular weight excluding hydrogens is 303 g/mol. The van der Waals surface area contributed by atoms with Gasteiger partial charge in [-0.2, -0.15) is 5.10 Å². The fourth-order valence-corrected chi connectivity index (χ4v) is 1.87. The molecule has 1 aromatic heterocycles. The summed E-state index contributed by atoms with van der Waals surface area (Å²) in [6, 6.07) is 6.58. The fourth-order valence-electron chi connectivity index (χ4n) is 1.43. The highest BCUT2D eigenvalue weighted by Crippen LogP contribution is 2.16. The van der Waals surface area contributed by atoms with E-state index in [1.165, 1.54) is 13.2 Å². The van der Waals surface area contributed by atoms with E-state index in [9.17, 15) is 9.59 Å². The number of nitrogens with zero attached hydrogens (tertiary/aromatic N) is 2. The molecule has 8 heteroatoms. The van der Waals surface area contributed by atoms with Gasteiger partial charge in [0.1, 0.15) is 5.02 Å². The molecular formula is C12H10Cl2N4O2. The molecule has 1 heterocycles. The van der Waals surface area contributed by atoms with Gasteiger partial charge in [-0.15, -0.1) is 0 Å². The zero-order valence-electron chi connectivity index (χ0n) is 10.4. The van der Waals surface area contributed by atoms with Gasteiger partial charge < -0.3 is 0 Å². The standard InChI is InChI=1S/C12H10Cl2N4O2/c1-18-12(20)10(14)9(6-15-18)16-17-11(19)7-4-2-3-5-8(7)13/h2-6,16H,1H3,(H,17,19). The molecule has 1 aromatic carbocycles. The highest BCUT2D eigenvalue weighted by molar-refractivity contribution is 6.34. The van der Waals surface area contributed by atoms with Crippen LogP contribution in [0, 0.1) is 0 Å². The summed E-state index contributed by atoms with van der Waals surface area (Å²) in [7, 11) is 1.47. The van der Waals surface area contributed by atoms with E-state index in [1.54, 1.807) is 24.3 Å². The van der Waals surface area contributed by atoms with E-state index in [0.29, 0.717) is 10.6 Å². The van der Waals surface area contributed by atoms with Crippen LogP contribution < -0.4 is 16.4 Å². The minimum absolute atomic E-state index is 0.0676. The van der Waals surface area contributed by atoms with Gasteiger partial charge in [0.25, 0.3) is 11.5 Å². The number of rotatable bonds is 3. The monoisotopic (exact) mass is 312 g/mol. The summed E-state index contributed by atoms with van der Waals surface area (Å²) in [6.45, 7) is 0. The van der Waals surface area contributed by atoms with E-state index < -0.39 is 11.5 Å². The van der Waals surface area contributed by atoms with E-state index in [-0.39, 0.29) is 10.7 Å². The van der Waals surface area contributed by atoms with Gasteiger partial charge in [0.15, 0.2) is 0 Å². The Balaban J connectivity index is 2.14. The molecule has 1 amide bonds.